The molecule has 86 heavy (non-hydrogen) atoms. The molecule has 0 N–H and O–H groups in total. The van der Waals surface area contributed by atoms with Crippen molar-refractivity contribution in [3.8, 4) is 56.6 Å². The van der Waals surface area contributed by atoms with E-state index in [4.69, 9.17) is 9.47 Å². The number of hydrogen-bond donors (Lipinski definition) is 0. The molecule has 21 rings (SSSR count). The second kappa shape index (κ2) is 16.1. The number of benzene rings is 13. The molecule has 13 aromatic carbocycles. The molecule has 0 unspecified atom stereocenters. The number of hydrogen-bond acceptors (Lipinski definition) is 2. The SMILES string of the molecule is c1ccc(C2(c3ccccc3)c3ccccc3-c3c2ccc2c4cccc5c4n(c32)-c2cccc3c2B5c2cc4c(cc2O3)Oc2cccc3c2B4c2cccc4c5ccc6c(c5n-3c24)-c2ccccc2C6(c2ccccc2)c2ccccc2)cc1. The maximum atomic E-state index is 7.29. The van der Waals surface area contributed by atoms with E-state index in [9.17, 15) is 0 Å². The van der Waals surface area contributed by atoms with Gasteiger partial charge in [-0.1, -0.05) is 249 Å². The summed E-state index contributed by atoms with van der Waals surface area (Å²) in [6.45, 7) is -0.216. The van der Waals surface area contributed by atoms with E-state index in [1.165, 1.54) is 132 Å². The van der Waals surface area contributed by atoms with Crippen LogP contribution in [0.2, 0.25) is 0 Å². The highest BCUT2D eigenvalue weighted by Gasteiger charge is 2.51. The fraction of sp³-hybridized carbons (Fsp3) is 0.0250. The molecule has 0 spiro atoms. The van der Waals surface area contributed by atoms with E-state index in [0.717, 1.165) is 45.3 Å². The molecule has 6 aliphatic rings. The summed E-state index contributed by atoms with van der Waals surface area (Å²) in [5.41, 5.74) is 28.8. The summed E-state index contributed by atoms with van der Waals surface area (Å²) in [5, 5.41) is 5.00. The largest absolute Gasteiger partial charge is 0.458 e. The summed E-state index contributed by atoms with van der Waals surface area (Å²) in [5.74, 6) is 3.43. The van der Waals surface area contributed by atoms with Crippen LogP contribution in [0.5, 0.6) is 23.0 Å². The minimum absolute atomic E-state index is 0.108. The fourth-order valence-electron chi connectivity index (χ4n) is 17.8. The molecule has 0 fully saturated rings. The maximum Gasteiger partial charge on any atom is 0.256 e. The lowest BCUT2D eigenvalue weighted by Crippen LogP contribution is -2.62. The summed E-state index contributed by atoms with van der Waals surface area (Å²) in [4.78, 5) is 0. The standard InChI is InChI=1S/C80H46B2N2O2/c1-5-21-47(22-6-1)79(48-23-7-2-8-24-48)57-33-15-13-29-55(57)71-59(79)43-41-53-51-31-17-35-61-75(51)83(77(53)71)65-37-19-39-67-73(65)81(61)63-45-64-70(46-69(63)85-67)86-68-40-20-38-66-74(68)82(64)62-36-18-32-52-54-42-44-60-72(78(54)84(66)76(52)62)56-30-14-16-34-58(56)80(60,49-25-9-3-10-26-49)50-27-11-4-12-28-50/h1-46H. The van der Waals surface area contributed by atoms with E-state index in [1.54, 1.807) is 0 Å². The Hall–Kier alpha value is -10.8. The monoisotopic (exact) mass is 1090 g/mol. The van der Waals surface area contributed by atoms with E-state index >= 15 is 0 Å². The molecule has 394 valence electrons. The molecule has 0 saturated heterocycles. The van der Waals surface area contributed by atoms with Crippen molar-refractivity contribution >= 4 is 89.8 Å². The Kier molecular flexibility index (Phi) is 8.54. The zero-order valence-electron chi connectivity index (χ0n) is 46.4. The van der Waals surface area contributed by atoms with E-state index in [0.29, 0.717) is 0 Å². The number of rotatable bonds is 4. The van der Waals surface area contributed by atoms with Crippen LogP contribution in [-0.4, -0.2) is 22.6 Å². The van der Waals surface area contributed by atoms with Crippen molar-refractivity contribution in [1.82, 2.24) is 9.13 Å². The van der Waals surface area contributed by atoms with Crippen LogP contribution in [0.15, 0.2) is 279 Å². The molecule has 6 heteroatoms. The molecule has 2 aromatic heterocycles. The second-order valence-electron chi connectivity index (χ2n) is 24.4. The van der Waals surface area contributed by atoms with Crippen molar-refractivity contribution in [3.05, 3.63) is 324 Å². The third kappa shape index (κ3) is 5.26. The topological polar surface area (TPSA) is 28.3 Å². The summed E-state index contributed by atoms with van der Waals surface area (Å²) in [6.07, 6.45) is 0. The highest BCUT2D eigenvalue weighted by atomic mass is 16.5. The smallest absolute Gasteiger partial charge is 0.256 e. The predicted octanol–water partition coefficient (Wildman–Crippen LogP) is 14.5. The molecule has 0 amide bonds. The van der Waals surface area contributed by atoms with Crippen molar-refractivity contribution in [2.24, 2.45) is 0 Å². The van der Waals surface area contributed by atoms with Gasteiger partial charge in [-0.05, 0) is 113 Å². The Morgan fingerprint density at radius 1 is 0.267 bits per heavy atom. The number of para-hydroxylation sites is 2. The van der Waals surface area contributed by atoms with Crippen molar-refractivity contribution in [1.29, 1.82) is 0 Å². The van der Waals surface area contributed by atoms with Crippen LogP contribution in [0, 0.1) is 0 Å². The molecule has 6 heterocycles. The minimum atomic E-state index is -0.531. The molecule has 4 aliphatic heterocycles. The lowest BCUT2D eigenvalue weighted by molar-refractivity contribution is 0.465. The van der Waals surface area contributed by atoms with Crippen molar-refractivity contribution < 1.29 is 9.47 Å². The Morgan fingerprint density at radius 2 is 0.640 bits per heavy atom. The third-order valence-electron chi connectivity index (χ3n) is 20.8. The first-order valence-electron chi connectivity index (χ1n) is 30.1. The van der Waals surface area contributed by atoms with Crippen molar-refractivity contribution in [2.75, 3.05) is 0 Å². The van der Waals surface area contributed by atoms with E-state index in [-0.39, 0.29) is 13.4 Å². The number of ether oxygens (including phenoxy) is 2. The zero-order valence-corrected chi connectivity index (χ0v) is 46.4. The highest BCUT2D eigenvalue weighted by Crippen LogP contribution is 2.61. The van der Waals surface area contributed by atoms with Gasteiger partial charge in [0.1, 0.15) is 23.0 Å². The average molecular weight is 1090 g/mol. The van der Waals surface area contributed by atoms with E-state index < -0.39 is 10.8 Å². The van der Waals surface area contributed by atoms with E-state index in [1.807, 2.05) is 0 Å². The van der Waals surface area contributed by atoms with Gasteiger partial charge in [-0.15, -0.1) is 0 Å². The summed E-state index contributed by atoms with van der Waals surface area (Å²) in [7, 11) is 0. The molecule has 15 aromatic rings. The molecule has 0 radical (unpaired) electrons. The number of nitrogens with zero attached hydrogens (tertiary/aromatic N) is 2. The fourth-order valence-corrected chi connectivity index (χ4v) is 17.8. The Morgan fingerprint density at radius 3 is 1.06 bits per heavy atom. The van der Waals surface area contributed by atoms with Gasteiger partial charge in [-0.2, -0.15) is 0 Å². The molecular formula is C80H46B2N2O2. The van der Waals surface area contributed by atoms with Gasteiger partial charge in [0.25, 0.3) is 13.4 Å². The second-order valence-corrected chi connectivity index (χ2v) is 24.4. The Balaban J connectivity index is 0.801. The normalized spacial score (nSPS) is 14.8. The van der Waals surface area contributed by atoms with Crippen molar-refractivity contribution in [2.45, 2.75) is 10.8 Å². The maximum absolute atomic E-state index is 7.29. The molecule has 0 atom stereocenters. The minimum Gasteiger partial charge on any atom is -0.458 e. The summed E-state index contributed by atoms with van der Waals surface area (Å²) in [6, 6.07) is 105. The van der Waals surface area contributed by atoms with E-state index in [2.05, 4.69) is 288 Å². The van der Waals surface area contributed by atoms with Crippen LogP contribution in [0.3, 0.4) is 0 Å². The zero-order chi connectivity index (χ0) is 55.7. The average Bonchev–Trinajstić information content (AvgIpc) is 1.79. The number of aromatic nitrogens is 2. The predicted molar refractivity (Wildman–Crippen MR) is 352 cm³/mol. The lowest BCUT2D eigenvalue weighted by atomic mass is 9.31. The van der Waals surface area contributed by atoms with Crippen LogP contribution >= 0.6 is 0 Å². The molecule has 0 saturated carbocycles. The van der Waals surface area contributed by atoms with Gasteiger partial charge >= 0.3 is 0 Å². The van der Waals surface area contributed by atoms with Gasteiger partial charge < -0.3 is 18.6 Å². The Bertz CT molecular complexity index is 5130. The van der Waals surface area contributed by atoms with Crippen LogP contribution < -0.4 is 42.3 Å². The van der Waals surface area contributed by atoms with Crippen LogP contribution in [0.4, 0.5) is 0 Å². The van der Waals surface area contributed by atoms with Crippen LogP contribution in [0.25, 0.3) is 77.2 Å². The molecule has 2 aliphatic carbocycles. The van der Waals surface area contributed by atoms with Gasteiger partial charge in [0, 0.05) is 61.1 Å². The molecule has 0 bridgehead atoms. The molecule has 4 nitrogen and oxygen atoms in total. The molecular weight excluding hydrogens is 1040 g/mol. The van der Waals surface area contributed by atoms with Gasteiger partial charge in [-0.25, -0.2) is 0 Å². The summed E-state index contributed by atoms with van der Waals surface area (Å²) < 4.78 is 19.8. The highest BCUT2D eigenvalue weighted by molar-refractivity contribution is 7.02. The first-order valence-corrected chi connectivity index (χ1v) is 30.1. The number of fused-ring (bicyclic) bond motifs is 22. The van der Waals surface area contributed by atoms with Gasteiger partial charge in [0.15, 0.2) is 0 Å². The van der Waals surface area contributed by atoms with Crippen LogP contribution in [0.1, 0.15) is 44.5 Å². The lowest BCUT2D eigenvalue weighted by Gasteiger charge is -2.37. The van der Waals surface area contributed by atoms with Gasteiger partial charge in [0.2, 0.25) is 0 Å². The Labute approximate surface area is 496 Å². The summed E-state index contributed by atoms with van der Waals surface area (Å²) >= 11 is 0. The van der Waals surface area contributed by atoms with Gasteiger partial charge in [-0.3, -0.25) is 0 Å². The third-order valence-corrected chi connectivity index (χ3v) is 20.8. The van der Waals surface area contributed by atoms with Crippen molar-refractivity contribution in [3.63, 3.8) is 0 Å². The van der Waals surface area contributed by atoms with Gasteiger partial charge in [0.05, 0.1) is 21.9 Å². The first kappa shape index (κ1) is 45.7. The first-order chi connectivity index (χ1) is 42.7. The van der Waals surface area contributed by atoms with Crippen LogP contribution in [-0.2, 0) is 10.8 Å². The quantitative estimate of drug-likeness (QED) is 0.164.